The highest BCUT2D eigenvalue weighted by atomic mass is 32.1. The van der Waals surface area contributed by atoms with E-state index < -0.39 is 0 Å². The third kappa shape index (κ3) is 0.966. The van der Waals surface area contributed by atoms with Crippen molar-refractivity contribution >= 4 is 11.3 Å². The summed E-state index contributed by atoms with van der Waals surface area (Å²) in [4.78, 5) is 5.84. The maximum absolute atomic E-state index is 4.31. The molecule has 2 rings (SSSR count). The lowest BCUT2D eigenvalue weighted by atomic mass is 9.93. The van der Waals surface area contributed by atoms with Crippen LogP contribution in [0.3, 0.4) is 0 Å². The van der Waals surface area contributed by atoms with Crippen molar-refractivity contribution in [2.45, 2.75) is 26.2 Å². The molecule has 1 aromatic rings. The van der Waals surface area contributed by atoms with Gasteiger partial charge in [0.15, 0.2) is 0 Å². The second-order valence-electron chi connectivity index (χ2n) is 3.07. The van der Waals surface area contributed by atoms with Crippen LogP contribution in [0, 0.1) is 5.92 Å². The molecule has 1 aromatic heterocycles. The smallest absolute Gasteiger partial charge is 0.0797 e. The number of fused-ring (bicyclic) bond motifs is 1. The monoisotopic (exact) mass is 153 g/mol. The van der Waals surface area contributed by atoms with Gasteiger partial charge in [0.25, 0.3) is 0 Å². The molecular formula is C8H11NS. The van der Waals surface area contributed by atoms with Gasteiger partial charge in [-0.3, -0.25) is 0 Å². The van der Waals surface area contributed by atoms with Gasteiger partial charge in [0.05, 0.1) is 11.2 Å². The Morgan fingerprint density at radius 3 is 3.50 bits per heavy atom. The van der Waals surface area contributed by atoms with Crippen molar-refractivity contribution < 1.29 is 0 Å². The molecule has 54 valence electrons. The third-order valence-electron chi connectivity index (χ3n) is 2.13. The van der Waals surface area contributed by atoms with E-state index in [0.717, 1.165) is 5.92 Å². The average molecular weight is 153 g/mol. The molecule has 0 saturated carbocycles. The van der Waals surface area contributed by atoms with Crippen LogP contribution in [0.2, 0.25) is 0 Å². The molecule has 0 fully saturated rings. The zero-order chi connectivity index (χ0) is 6.97. The Balaban J connectivity index is 2.30. The van der Waals surface area contributed by atoms with Crippen LogP contribution in [0.4, 0.5) is 0 Å². The molecule has 0 aromatic carbocycles. The minimum absolute atomic E-state index is 0.882. The van der Waals surface area contributed by atoms with Crippen molar-refractivity contribution in [2.24, 2.45) is 5.92 Å². The number of thiazole rings is 1. The van der Waals surface area contributed by atoms with Gasteiger partial charge in [0, 0.05) is 4.88 Å². The minimum atomic E-state index is 0.882. The highest BCUT2D eigenvalue weighted by molar-refractivity contribution is 7.09. The Kier molecular flexibility index (Phi) is 1.49. The normalized spacial score (nSPS) is 24.3. The van der Waals surface area contributed by atoms with Crippen molar-refractivity contribution in [1.82, 2.24) is 4.98 Å². The molecule has 0 bridgehead atoms. The summed E-state index contributed by atoms with van der Waals surface area (Å²) in [5.74, 6) is 0.882. The van der Waals surface area contributed by atoms with Crippen LogP contribution in [0.5, 0.6) is 0 Å². The summed E-state index contributed by atoms with van der Waals surface area (Å²) in [6, 6.07) is 0. The average Bonchev–Trinajstić information content (AvgIpc) is 2.33. The van der Waals surface area contributed by atoms with Gasteiger partial charge in [-0.15, -0.1) is 11.3 Å². The van der Waals surface area contributed by atoms with E-state index in [4.69, 9.17) is 0 Å². The number of aryl methyl sites for hydroxylation is 1. The molecule has 0 spiro atoms. The van der Waals surface area contributed by atoms with Crippen LogP contribution in [0.25, 0.3) is 0 Å². The molecule has 0 N–H and O–H groups in total. The van der Waals surface area contributed by atoms with E-state index in [9.17, 15) is 0 Å². The van der Waals surface area contributed by atoms with Crippen LogP contribution >= 0.6 is 11.3 Å². The van der Waals surface area contributed by atoms with Crippen LogP contribution in [0.1, 0.15) is 23.9 Å². The molecule has 2 heteroatoms. The van der Waals surface area contributed by atoms with Crippen LogP contribution < -0.4 is 0 Å². The molecular weight excluding hydrogens is 142 g/mol. The van der Waals surface area contributed by atoms with Crippen LogP contribution in [-0.2, 0) is 12.8 Å². The number of nitrogens with zero attached hydrogens (tertiary/aromatic N) is 1. The van der Waals surface area contributed by atoms with Crippen molar-refractivity contribution in [2.75, 3.05) is 0 Å². The summed E-state index contributed by atoms with van der Waals surface area (Å²) in [6.07, 6.45) is 3.80. The molecule has 1 heterocycles. The zero-order valence-electron chi connectivity index (χ0n) is 6.13. The lowest BCUT2D eigenvalue weighted by Crippen LogP contribution is -2.08. The lowest BCUT2D eigenvalue weighted by Gasteiger charge is -2.15. The summed E-state index contributed by atoms with van der Waals surface area (Å²) in [6.45, 7) is 2.32. The molecule has 1 nitrogen and oxygen atoms in total. The summed E-state index contributed by atoms with van der Waals surface area (Å²) in [7, 11) is 0. The second kappa shape index (κ2) is 2.35. The van der Waals surface area contributed by atoms with Gasteiger partial charge in [-0.25, -0.2) is 4.98 Å². The summed E-state index contributed by atoms with van der Waals surface area (Å²) in [5, 5.41) is 0. The molecule has 10 heavy (non-hydrogen) atoms. The topological polar surface area (TPSA) is 12.9 Å². The van der Waals surface area contributed by atoms with Gasteiger partial charge in [-0.1, -0.05) is 6.92 Å². The number of hydrogen-bond donors (Lipinski definition) is 0. The van der Waals surface area contributed by atoms with Crippen LogP contribution in [0.15, 0.2) is 5.51 Å². The molecule has 0 amide bonds. The fraction of sp³-hybridized carbons (Fsp3) is 0.625. The Bertz CT molecular complexity index is 229. The predicted octanol–water partition coefficient (Wildman–Crippen LogP) is 2.27. The molecule has 0 radical (unpaired) electrons. The maximum atomic E-state index is 4.31. The second-order valence-corrected chi connectivity index (χ2v) is 4.01. The summed E-state index contributed by atoms with van der Waals surface area (Å²) in [5.41, 5.74) is 3.34. The first-order chi connectivity index (χ1) is 4.86. The van der Waals surface area contributed by atoms with Gasteiger partial charge in [-0.05, 0) is 25.2 Å². The Hall–Kier alpha value is -0.370. The Morgan fingerprint density at radius 1 is 1.70 bits per heavy atom. The fourth-order valence-electron chi connectivity index (χ4n) is 1.47. The Morgan fingerprint density at radius 2 is 2.60 bits per heavy atom. The van der Waals surface area contributed by atoms with E-state index in [1.54, 1.807) is 0 Å². The molecule has 0 saturated heterocycles. The maximum Gasteiger partial charge on any atom is 0.0797 e. The molecule has 0 aliphatic heterocycles. The highest BCUT2D eigenvalue weighted by Crippen LogP contribution is 2.26. The van der Waals surface area contributed by atoms with E-state index in [1.807, 2.05) is 16.8 Å². The fourth-order valence-corrected chi connectivity index (χ4v) is 2.44. The predicted molar refractivity (Wildman–Crippen MR) is 43.3 cm³/mol. The first-order valence-electron chi connectivity index (χ1n) is 3.77. The van der Waals surface area contributed by atoms with E-state index in [2.05, 4.69) is 11.9 Å². The largest absolute Gasteiger partial charge is 0.249 e. The quantitative estimate of drug-likeness (QED) is 0.557. The molecule has 1 unspecified atom stereocenters. The summed E-state index contributed by atoms with van der Waals surface area (Å²) >= 11 is 1.82. The highest BCUT2D eigenvalue weighted by Gasteiger charge is 2.16. The SMILES string of the molecule is CC1CCc2ncsc2C1. The van der Waals surface area contributed by atoms with Gasteiger partial charge in [0.1, 0.15) is 0 Å². The first kappa shape index (κ1) is 6.35. The first-order valence-corrected chi connectivity index (χ1v) is 4.65. The molecule has 1 aliphatic carbocycles. The third-order valence-corrected chi connectivity index (χ3v) is 3.03. The van der Waals surface area contributed by atoms with Crippen molar-refractivity contribution in [3.63, 3.8) is 0 Å². The van der Waals surface area contributed by atoms with Gasteiger partial charge < -0.3 is 0 Å². The van der Waals surface area contributed by atoms with Gasteiger partial charge in [-0.2, -0.15) is 0 Å². The molecule has 1 atom stereocenters. The van der Waals surface area contributed by atoms with Crippen molar-refractivity contribution in [3.8, 4) is 0 Å². The lowest BCUT2D eigenvalue weighted by molar-refractivity contribution is 0.502. The zero-order valence-corrected chi connectivity index (χ0v) is 6.95. The molecule has 1 aliphatic rings. The van der Waals surface area contributed by atoms with E-state index >= 15 is 0 Å². The van der Waals surface area contributed by atoms with Gasteiger partial charge >= 0.3 is 0 Å². The van der Waals surface area contributed by atoms with E-state index in [0.29, 0.717) is 0 Å². The van der Waals surface area contributed by atoms with Crippen LogP contribution in [-0.4, -0.2) is 4.98 Å². The van der Waals surface area contributed by atoms with Gasteiger partial charge in [0.2, 0.25) is 0 Å². The Labute approximate surface area is 65.1 Å². The minimum Gasteiger partial charge on any atom is -0.249 e. The number of rotatable bonds is 0. The standard InChI is InChI=1S/C8H11NS/c1-6-2-3-7-8(4-6)10-5-9-7/h5-6H,2-4H2,1H3. The number of hydrogen-bond acceptors (Lipinski definition) is 2. The number of aromatic nitrogens is 1. The van der Waals surface area contributed by atoms with Crippen molar-refractivity contribution in [3.05, 3.63) is 16.1 Å². The van der Waals surface area contributed by atoms with Crippen molar-refractivity contribution in [1.29, 1.82) is 0 Å². The summed E-state index contributed by atoms with van der Waals surface area (Å²) < 4.78 is 0. The van der Waals surface area contributed by atoms with E-state index in [-0.39, 0.29) is 0 Å². The van der Waals surface area contributed by atoms with E-state index in [1.165, 1.54) is 29.8 Å².